The molecule has 0 heterocycles. The van der Waals surface area contributed by atoms with Crippen molar-refractivity contribution in [3.8, 4) is 0 Å². The van der Waals surface area contributed by atoms with Crippen LogP contribution in [0.4, 0.5) is 0 Å². The van der Waals surface area contributed by atoms with Crippen molar-refractivity contribution < 1.29 is 16.8 Å². The Labute approximate surface area is 138 Å². The molecule has 0 aliphatic carbocycles. The van der Waals surface area contributed by atoms with Crippen molar-refractivity contribution in [2.24, 2.45) is 0 Å². The maximum absolute atomic E-state index is 2.08. The van der Waals surface area contributed by atoms with Gasteiger partial charge in [-0.2, -0.15) is 41.5 Å². The Hall–Kier alpha value is 0.246. The summed E-state index contributed by atoms with van der Waals surface area (Å²) in [7, 11) is 0. The molecule has 0 aromatic carbocycles. The summed E-state index contributed by atoms with van der Waals surface area (Å²) >= 11 is 0. The van der Waals surface area contributed by atoms with Gasteiger partial charge in [0.1, 0.15) is 0 Å². The maximum atomic E-state index is 2.08. The van der Waals surface area contributed by atoms with Crippen molar-refractivity contribution in [3.63, 3.8) is 0 Å². The number of hydrogen-bond acceptors (Lipinski definition) is 0. The predicted octanol–water partition coefficient (Wildman–Crippen LogP) is 7.75. The Kier molecular flexibility index (Phi) is 81.4. The van der Waals surface area contributed by atoms with Gasteiger partial charge in [0, 0.05) is 16.8 Å². The molecule has 0 saturated carbocycles. The molecule has 0 bridgehead atoms. The first-order valence-electron chi connectivity index (χ1n) is 6.00. The summed E-state index contributed by atoms with van der Waals surface area (Å²) in [6.45, 7) is 25.0. The van der Waals surface area contributed by atoms with E-state index in [4.69, 9.17) is 0 Å². The van der Waals surface area contributed by atoms with Crippen LogP contribution in [0.1, 0.15) is 97.9 Å². The first-order valence-corrected chi connectivity index (χ1v) is 6.00. The normalized spacial score (nSPS) is 6.63. The molecule has 0 fully saturated rings. The van der Waals surface area contributed by atoms with E-state index in [0.29, 0.717) is 0 Å². The summed E-state index contributed by atoms with van der Waals surface area (Å²) in [6.07, 6.45) is 0. The second-order valence-corrected chi connectivity index (χ2v) is 6.00. The molecule has 0 rings (SSSR count). The molecule has 0 saturated heterocycles. The third-order valence-electron chi connectivity index (χ3n) is 0. The predicted molar refractivity (Wildman–Crippen MR) is 94.5 cm³/mol. The molecule has 0 N–H and O–H groups in total. The molecule has 1 radical (unpaired) electrons. The van der Waals surface area contributed by atoms with Gasteiger partial charge in [-0.15, -0.1) is 0 Å². The summed E-state index contributed by atoms with van der Waals surface area (Å²) in [5, 5.41) is 0. The third-order valence-corrected chi connectivity index (χ3v) is 0. The fraction of sp³-hybridized carbons (Fsp3) is 0.778. The third kappa shape index (κ3) is 79300. The molecule has 1 heteroatoms. The largest absolute Gasteiger partial charge is 0.323 e. The first-order chi connectivity index (χ1) is 6.93. The van der Waals surface area contributed by atoms with Crippen molar-refractivity contribution in [3.05, 3.63) is 23.7 Å². The van der Waals surface area contributed by atoms with Crippen LogP contribution in [-0.4, -0.2) is 0 Å². The van der Waals surface area contributed by atoms with Gasteiger partial charge < -0.3 is 11.8 Å². The van der Waals surface area contributed by atoms with E-state index in [2.05, 4.69) is 83.1 Å². The Morgan fingerprint density at radius 2 is 0.474 bits per heavy atom. The van der Waals surface area contributed by atoms with Crippen LogP contribution in [0.5, 0.6) is 0 Å². The van der Waals surface area contributed by atoms with Crippen molar-refractivity contribution in [1.82, 2.24) is 0 Å². The molecule has 0 aromatic heterocycles. The zero-order valence-corrected chi connectivity index (χ0v) is 15.4. The average Bonchev–Trinajstić information content (AvgIpc) is 1.76. The van der Waals surface area contributed by atoms with Crippen molar-refractivity contribution in [2.45, 2.75) is 97.9 Å². The quantitative estimate of drug-likeness (QED) is 0.400. The molecule has 19 heavy (non-hydrogen) atoms. The smallest absolute Gasteiger partial charge is 0.0813 e. The van der Waals surface area contributed by atoms with E-state index in [1.54, 1.807) is 0 Å². The Morgan fingerprint density at radius 1 is 0.474 bits per heavy atom. The zero-order valence-electron chi connectivity index (χ0n) is 14.3. The Morgan fingerprint density at radius 3 is 0.474 bits per heavy atom. The fourth-order valence-electron chi connectivity index (χ4n) is 0. The second kappa shape index (κ2) is 36.2. The Bertz CT molecular complexity index is 48.7. The topological polar surface area (TPSA) is 0 Å². The van der Waals surface area contributed by atoms with Gasteiger partial charge in [0.2, 0.25) is 0 Å². The zero-order chi connectivity index (χ0) is 14.3. The van der Waals surface area contributed by atoms with Gasteiger partial charge in [-0.05, 0) is 0 Å². The Balaban J connectivity index is -0.0000000192. The molecule has 0 nitrogen and oxygen atoms in total. The van der Waals surface area contributed by atoms with Crippen molar-refractivity contribution >= 4 is 0 Å². The molecule has 0 aliphatic rings. The molecule has 0 aromatic rings. The summed E-state index contributed by atoms with van der Waals surface area (Å²) in [5.74, 6) is 5.67. The van der Waals surface area contributed by atoms with Crippen LogP contribution in [0.2, 0.25) is 0 Å². The summed E-state index contributed by atoms with van der Waals surface area (Å²) in [5.41, 5.74) is 0. The molecule has 125 valence electrons. The first kappa shape index (κ1) is 42.7. The molecular weight excluding hydrogens is 275 g/mol. The van der Waals surface area contributed by atoms with Crippen LogP contribution in [0.25, 0.3) is 0 Å². The van der Waals surface area contributed by atoms with E-state index in [1.807, 2.05) is 0 Å². The van der Waals surface area contributed by atoms with Gasteiger partial charge in [0.25, 0.3) is 0 Å². The molecule has 0 spiro atoms. The van der Waals surface area contributed by atoms with Gasteiger partial charge in [0.05, 0.1) is 53.4 Å². The minimum atomic E-state index is 0. The second-order valence-electron chi connectivity index (χ2n) is 6.00. The van der Waals surface area contributed by atoms with E-state index in [9.17, 15) is 0 Å². The van der Waals surface area contributed by atoms with E-state index in [1.165, 1.54) is 23.7 Å². The number of rotatable bonds is 0. The number of hydrogen-bond donors (Lipinski definition) is 0. The summed E-state index contributed by atoms with van der Waals surface area (Å²) in [6, 6.07) is 0. The average molecular weight is 319 g/mol. The van der Waals surface area contributed by atoms with Crippen LogP contribution in [0.15, 0.2) is 0 Å². The van der Waals surface area contributed by atoms with Gasteiger partial charge in [-0.1, -0.05) is 14.9 Å². The minimum absolute atomic E-state index is 0. The monoisotopic (exact) mass is 319 g/mol. The molecule has 0 unspecified atom stereocenters. The van der Waals surface area contributed by atoms with Gasteiger partial charge in [-0.25, -0.2) is 0 Å². The maximum Gasteiger partial charge on any atom is 0.0813 e. The molecule has 0 aliphatic heterocycles. The van der Waals surface area contributed by atoms with Crippen LogP contribution >= 0.6 is 0 Å². The van der Waals surface area contributed by atoms with E-state index < -0.39 is 0 Å². The van der Waals surface area contributed by atoms with Crippen molar-refractivity contribution in [2.75, 3.05) is 0 Å². The SMILES string of the molecule is C.C.C[C+](C)C.C[C+](C)C.C[C-](C)C.C[C-](C)C.[Co]. The van der Waals surface area contributed by atoms with E-state index in [0.717, 1.165) is 0 Å². The van der Waals surface area contributed by atoms with Gasteiger partial charge in [-0.3, -0.25) is 0 Å². The minimum Gasteiger partial charge on any atom is -0.323 e. The van der Waals surface area contributed by atoms with E-state index in [-0.39, 0.29) is 31.6 Å². The molecular formula is C18H44Co. The van der Waals surface area contributed by atoms with Crippen LogP contribution in [0, 0.1) is 23.7 Å². The molecule has 0 atom stereocenters. The van der Waals surface area contributed by atoms with Crippen LogP contribution < -0.4 is 0 Å². The van der Waals surface area contributed by atoms with E-state index >= 15 is 0 Å². The standard InChI is InChI=1S/4C4H9.2CH4.Co/c4*1-4(2)3;;;/h4*1-3H3;2*1H4;/q2*-1;2*+1;;;. The van der Waals surface area contributed by atoms with Crippen LogP contribution in [-0.2, 0) is 16.8 Å². The van der Waals surface area contributed by atoms with Crippen LogP contribution in [0.3, 0.4) is 0 Å². The summed E-state index contributed by atoms with van der Waals surface area (Å²) < 4.78 is 0. The van der Waals surface area contributed by atoms with Gasteiger partial charge in [0.15, 0.2) is 0 Å². The summed E-state index contributed by atoms with van der Waals surface area (Å²) in [4.78, 5) is 0. The molecule has 0 amide bonds. The fourth-order valence-corrected chi connectivity index (χ4v) is 0. The van der Waals surface area contributed by atoms with Crippen molar-refractivity contribution in [1.29, 1.82) is 0 Å². The van der Waals surface area contributed by atoms with Gasteiger partial charge >= 0.3 is 0 Å².